The van der Waals surface area contributed by atoms with Gasteiger partial charge in [-0.2, -0.15) is 0 Å². The molecule has 0 spiro atoms. The Balaban J connectivity index is 2.28. The molecular formula is C10H6N4O. The van der Waals surface area contributed by atoms with E-state index in [9.17, 15) is 4.79 Å². The van der Waals surface area contributed by atoms with Crippen molar-refractivity contribution in [3.63, 3.8) is 0 Å². The molecule has 0 N–H and O–H groups in total. The van der Waals surface area contributed by atoms with Gasteiger partial charge in [0.25, 0.3) is 0 Å². The van der Waals surface area contributed by atoms with Crippen LogP contribution in [-0.4, -0.2) is 23.9 Å². The zero-order chi connectivity index (χ0) is 10.3. The largest absolute Gasteiger partial charge is 0.292 e. The molecule has 0 atom stereocenters. The third-order valence-corrected chi connectivity index (χ3v) is 2.35. The van der Waals surface area contributed by atoms with Gasteiger partial charge in [-0.3, -0.25) is 9.79 Å². The normalized spacial score (nSPS) is 17.7. The number of carbonyl (C=O) groups is 1. The minimum Gasteiger partial charge on any atom is -0.292 e. The van der Waals surface area contributed by atoms with Crippen molar-refractivity contribution in [1.82, 2.24) is 0 Å². The number of ketones is 1. The average Bonchev–Trinajstić information content (AvgIpc) is 2.69. The molecule has 0 fully saturated rings. The smallest absolute Gasteiger partial charge is 0.200 e. The SMILES string of the molecule is O=C1CN=C2N=NN=C2c2ccccc21. The Morgan fingerprint density at radius 3 is 2.80 bits per heavy atom. The number of carbonyl (C=O) groups excluding carboxylic acids is 1. The van der Waals surface area contributed by atoms with Crippen molar-refractivity contribution < 1.29 is 4.79 Å². The van der Waals surface area contributed by atoms with E-state index in [1.54, 1.807) is 6.07 Å². The van der Waals surface area contributed by atoms with Crippen LogP contribution in [0.4, 0.5) is 0 Å². The summed E-state index contributed by atoms with van der Waals surface area (Å²) in [5.74, 6) is 0.443. The predicted octanol–water partition coefficient (Wildman–Crippen LogP) is 1.45. The van der Waals surface area contributed by atoms with Crippen molar-refractivity contribution >= 4 is 17.3 Å². The minimum absolute atomic E-state index is 0.00889. The summed E-state index contributed by atoms with van der Waals surface area (Å²) in [6.45, 7) is 0.115. The number of nitrogens with zero attached hydrogens (tertiary/aromatic N) is 4. The number of benzene rings is 1. The van der Waals surface area contributed by atoms with Crippen LogP contribution in [0.25, 0.3) is 0 Å². The van der Waals surface area contributed by atoms with Crippen LogP contribution in [0.15, 0.2) is 44.7 Å². The number of hydrogen-bond donors (Lipinski definition) is 0. The summed E-state index contributed by atoms with van der Waals surface area (Å²) in [6.07, 6.45) is 0. The zero-order valence-corrected chi connectivity index (χ0v) is 7.71. The Bertz CT molecular complexity index is 542. The molecule has 0 saturated carbocycles. The van der Waals surface area contributed by atoms with Crippen LogP contribution in [-0.2, 0) is 0 Å². The number of aliphatic imine (C=N–C) groups is 1. The van der Waals surface area contributed by atoms with Gasteiger partial charge in [0.2, 0.25) is 5.84 Å². The molecule has 2 aliphatic rings. The molecule has 0 aromatic heterocycles. The van der Waals surface area contributed by atoms with Crippen LogP contribution in [0.1, 0.15) is 15.9 Å². The van der Waals surface area contributed by atoms with Crippen LogP contribution >= 0.6 is 0 Å². The highest BCUT2D eigenvalue weighted by Gasteiger charge is 2.25. The van der Waals surface area contributed by atoms with Crippen LogP contribution in [0.2, 0.25) is 0 Å². The molecule has 1 aromatic carbocycles. The molecule has 15 heavy (non-hydrogen) atoms. The Morgan fingerprint density at radius 2 is 1.93 bits per heavy atom. The second-order valence-corrected chi connectivity index (χ2v) is 3.25. The lowest BCUT2D eigenvalue weighted by molar-refractivity contribution is 0.100. The first-order valence-corrected chi connectivity index (χ1v) is 4.52. The van der Waals surface area contributed by atoms with Gasteiger partial charge < -0.3 is 0 Å². The Kier molecular flexibility index (Phi) is 1.58. The van der Waals surface area contributed by atoms with E-state index in [0.717, 1.165) is 5.56 Å². The number of amidine groups is 1. The summed E-state index contributed by atoms with van der Waals surface area (Å²) < 4.78 is 0. The first kappa shape index (κ1) is 8.16. The van der Waals surface area contributed by atoms with E-state index in [1.807, 2.05) is 18.2 Å². The molecular weight excluding hydrogens is 192 g/mol. The van der Waals surface area contributed by atoms with Gasteiger partial charge in [-0.15, -0.1) is 10.2 Å². The maximum absolute atomic E-state index is 11.7. The summed E-state index contributed by atoms with van der Waals surface area (Å²) >= 11 is 0. The first-order valence-electron chi connectivity index (χ1n) is 4.52. The fraction of sp³-hybridized carbons (Fsp3) is 0.100. The van der Waals surface area contributed by atoms with Gasteiger partial charge in [0.05, 0.1) is 0 Å². The Hall–Kier alpha value is -2.17. The molecule has 1 aromatic rings. The second-order valence-electron chi connectivity index (χ2n) is 3.25. The molecule has 3 rings (SSSR count). The molecule has 0 amide bonds. The summed E-state index contributed by atoms with van der Waals surface area (Å²) in [5, 5.41) is 11.2. The topological polar surface area (TPSA) is 66.5 Å². The van der Waals surface area contributed by atoms with E-state index < -0.39 is 0 Å². The highest BCUT2D eigenvalue weighted by Crippen LogP contribution is 2.18. The van der Waals surface area contributed by atoms with Crippen LogP contribution in [0.5, 0.6) is 0 Å². The lowest BCUT2D eigenvalue weighted by Crippen LogP contribution is -2.10. The monoisotopic (exact) mass is 198 g/mol. The van der Waals surface area contributed by atoms with E-state index in [1.165, 1.54) is 0 Å². The molecule has 5 nitrogen and oxygen atoms in total. The van der Waals surface area contributed by atoms with E-state index in [2.05, 4.69) is 20.4 Å². The minimum atomic E-state index is -0.00889. The molecule has 2 aliphatic heterocycles. The third-order valence-electron chi connectivity index (χ3n) is 2.35. The number of Topliss-reactive ketones (excluding diaryl/α,β-unsaturated/α-hetero) is 1. The zero-order valence-electron chi connectivity index (χ0n) is 7.71. The average molecular weight is 198 g/mol. The molecule has 0 radical (unpaired) electrons. The first-order chi connectivity index (χ1) is 7.36. The quantitative estimate of drug-likeness (QED) is 0.622. The summed E-state index contributed by atoms with van der Waals surface area (Å²) in [7, 11) is 0. The van der Waals surface area contributed by atoms with Crippen molar-refractivity contribution in [3.8, 4) is 0 Å². The second kappa shape index (κ2) is 2.91. The fourth-order valence-corrected chi connectivity index (χ4v) is 1.65. The molecule has 72 valence electrons. The lowest BCUT2D eigenvalue weighted by atomic mass is 10.0. The van der Waals surface area contributed by atoms with E-state index in [-0.39, 0.29) is 12.3 Å². The van der Waals surface area contributed by atoms with Crippen molar-refractivity contribution in [2.75, 3.05) is 6.54 Å². The van der Waals surface area contributed by atoms with Crippen LogP contribution < -0.4 is 0 Å². The fourth-order valence-electron chi connectivity index (χ4n) is 1.65. The third kappa shape index (κ3) is 1.13. The van der Waals surface area contributed by atoms with Crippen molar-refractivity contribution in [3.05, 3.63) is 35.4 Å². The number of fused-ring (bicyclic) bond motifs is 3. The van der Waals surface area contributed by atoms with Gasteiger partial charge in [-0.1, -0.05) is 24.3 Å². The molecule has 0 saturated heterocycles. The van der Waals surface area contributed by atoms with Gasteiger partial charge in [0.1, 0.15) is 12.3 Å². The maximum atomic E-state index is 11.7. The van der Waals surface area contributed by atoms with Crippen LogP contribution in [0, 0.1) is 0 Å². The number of hydrogen-bond acceptors (Lipinski definition) is 5. The van der Waals surface area contributed by atoms with Crippen LogP contribution in [0.3, 0.4) is 0 Å². The summed E-state index contributed by atoms with van der Waals surface area (Å²) in [6, 6.07) is 7.29. The highest BCUT2D eigenvalue weighted by molar-refractivity contribution is 6.50. The van der Waals surface area contributed by atoms with Gasteiger partial charge in [0, 0.05) is 11.1 Å². The maximum Gasteiger partial charge on any atom is 0.200 e. The van der Waals surface area contributed by atoms with E-state index >= 15 is 0 Å². The van der Waals surface area contributed by atoms with Gasteiger partial charge in [0.15, 0.2) is 5.78 Å². The van der Waals surface area contributed by atoms with E-state index in [4.69, 9.17) is 0 Å². The molecule has 0 bridgehead atoms. The molecule has 5 heteroatoms. The molecule has 2 heterocycles. The van der Waals surface area contributed by atoms with Gasteiger partial charge in [-0.05, 0) is 5.22 Å². The van der Waals surface area contributed by atoms with Crippen molar-refractivity contribution in [2.24, 2.45) is 20.4 Å². The molecule has 0 unspecified atom stereocenters. The predicted molar refractivity (Wildman–Crippen MR) is 54.5 cm³/mol. The standard InChI is InChI=1S/C10H6N4O/c15-8-5-11-10-9(12-14-13-10)7-4-2-1-3-6(7)8/h1-4H,5H2. The lowest BCUT2D eigenvalue weighted by Gasteiger charge is -2.01. The number of rotatable bonds is 0. The Morgan fingerprint density at radius 1 is 1.13 bits per heavy atom. The van der Waals surface area contributed by atoms with Crippen molar-refractivity contribution in [2.45, 2.75) is 0 Å². The van der Waals surface area contributed by atoms with E-state index in [0.29, 0.717) is 17.1 Å². The molecule has 0 aliphatic carbocycles. The van der Waals surface area contributed by atoms with Gasteiger partial charge in [-0.25, -0.2) is 0 Å². The highest BCUT2D eigenvalue weighted by atomic mass is 16.1. The Labute approximate surface area is 85.2 Å². The van der Waals surface area contributed by atoms with Gasteiger partial charge >= 0.3 is 0 Å². The summed E-state index contributed by atoms with van der Waals surface area (Å²) in [5.41, 5.74) is 2.00. The summed E-state index contributed by atoms with van der Waals surface area (Å²) in [4.78, 5) is 15.8. The van der Waals surface area contributed by atoms with Crippen molar-refractivity contribution in [1.29, 1.82) is 0 Å².